The molecule has 2 fully saturated rings. The molecule has 4 aromatic rings. The maximum absolute atomic E-state index is 15.8. The van der Waals surface area contributed by atoms with Crippen LogP contribution in [0.15, 0.2) is 109 Å². The number of nitrogens with zero attached hydrogens (tertiary/aromatic N) is 1. The highest BCUT2D eigenvalue weighted by Gasteiger charge is 2.59. The van der Waals surface area contributed by atoms with Crippen LogP contribution in [0.5, 0.6) is 0 Å². The SMILES string of the molecule is COC(=O)C(COS(C)(=O)=O)C1(C)CC(c2cccc(Cl)c2)C(c2ccc(Cl)cc2)N(C(CO[Si](c2ccccc2)(c2ccccc2)C(C)(C)C)C2CC2)C1=O. The molecule has 5 atom stereocenters. The Morgan fingerprint density at radius 3 is 1.95 bits per heavy atom. The Balaban J connectivity index is 1.56. The Hall–Kier alpha value is -3.51. The Kier molecular flexibility index (Phi) is 12.6. The van der Waals surface area contributed by atoms with E-state index in [1.54, 1.807) is 13.0 Å². The minimum Gasteiger partial charge on any atom is -0.469 e. The van der Waals surface area contributed by atoms with E-state index in [1.807, 2.05) is 83.8 Å². The summed E-state index contributed by atoms with van der Waals surface area (Å²) in [5, 5.41) is 3.02. The molecule has 12 heteroatoms. The fourth-order valence-corrected chi connectivity index (χ4v) is 14.0. The van der Waals surface area contributed by atoms with Gasteiger partial charge in [-0.05, 0) is 82.9 Å². The molecular weight excluding hydrogens is 786 g/mol. The molecule has 1 aliphatic heterocycles. The first-order valence-corrected chi connectivity index (χ1v) is 23.5. The van der Waals surface area contributed by atoms with Crippen LogP contribution in [0.1, 0.15) is 70.0 Å². The smallest absolute Gasteiger partial charge is 0.312 e. The molecule has 4 aromatic carbocycles. The third-order valence-electron chi connectivity index (χ3n) is 11.7. The second kappa shape index (κ2) is 16.8. The fraction of sp³-hybridized carbons (Fsp3) is 0.409. The van der Waals surface area contributed by atoms with E-state index in [9.17, 15) is 13.2 Å². The van der Waals surface area contributed by atoms with Crippen molar-refractivity contribution in [2.45, 2.75) is 70.0 Å². The summed E-state index contributed by atoms with van der Waals surface area (Å²) in [5.74, 6) is -2.56. The summed E-state index contributed by atoms with van der Waals surface area (Å²) < 4.78 is 42.9. The van der Waals surface area contributed by atoms with Crippen LogP contribution in [0.3, 0.4) is 0 Å². The second-order valence-electron chi connectivity index (χ2n) is 16.4. The predicted octanol–water partition coefficient (Wildman–Crippen LogP) is 8.18. The number of carbonyl (C=O) groups excluding carboxylic acids is 2. The van der Waals surface area contributed by atoms with E-state index in [4.69, 9.17) is 36.5 Å². The van der Waals surface area contributed by atoms with Crippen molar-refractivity contribution in [1.82, 2.24) is 4.90 Å². The summed E-state index contributed by atoms with van der Waals surface area (Å²) in [5.41, 5.74) is 0.280. The molecule has 1 saturated heterocycles. The highest BCUT2D eigenvalue weighted by molar-refractivity contribution is 7.86. The van der Waals surface area contributed by atoms with Crippen LogP contribution < -0.4 is 10.4 Å². The number of amides is 1. The molecule has 1 heterocycles. The fourth-order valence-electron chi connectivity index (χ4n) is 8.75. The average molecular weight is 837 g/mol. The molecule has 0 bridgehead atoms. The number of halogens is 2. The number of rotatable bonds is 14. The van der Waals surface area contributed by atoms with Gasteiger partial charge in [0.2, 0.25) is 5.91 Å². The quantitative estimate of drug-likeness (QED) is 0.0718. The van der Waals surface area contributed by atoms with Gasteiger partial charge in [0.05, 0.1) is 50.0 Å². The minimum atomic E-state index is -3.98. The Morgan fingerprint density at radius 1 is 0.857 bits per heavy atom. The van der Waals surface area contributed by atoms with Gasteiger partial charge < -0.3 is 14.1 Å². The van der Waals surface area contributed by atoms with E-state index >= 15 is 4.79 Å². The predicted molar refractivity (Wildman–Crippen MR) is 224 cm³/mol. The van der Waals surface area contributed by atoms with Crippen LogP contribution in [0.25, 0.3) is 0 Å². The number of piperidine rings is 1. The van der Waals surface area contributed by atoms with Crippen molar-refractivity contribution < 1.29 is 31.4 Å². The maximum atomic E-state index is 15.8. The second-order valence-corrected chi connectivity index (χ2v) is 23.3. The number of hydrogen-bond donors (Lipinski definition) is 0. The van der Waals surface area contributed by atoms with Gasteiger partial charge in [-0.25, -0.2) is 0 Å². The van der Waals surface area contributed by atoms with Gasteiger partial charge in [0.25, 0.3) is 18.4 Å². The minimum absolute atomic E-state index is 0.109. The van der Waals surface area contributed by atoms with Gasteiger partial charge >= 0.3 is 5.97 Å². The van der Waals surface area contributed by atoms with E-state index in [1.165, 1.54) is 7.11 Å². The zero-order valence-electron chi connectivity index (χ0n) is 32.8. The molecule has 8 nitrogen and oxygen atoms in total. The lowest BCUT2D eigenvalue weighted by Gasteiger charge is -2.54. The molecule has 5 unspecified atom stereocenters. The maximum Gasteiger partial charge on any atom is 0.312 e. The van der Waals surface area contributed by atoms with Crippen molar-refractivity contribution >= 4 is 63.9 Å². The first-order valence-electron chi connectivity index (χ1n) is 19.0. The van der Waals surface area contributed by atoms with Crippen LogP contribution in [0.4, 0.5) is 0 Å². The Morgan fingerprint density at radius 2 is 1.45 bits per heavy atom. The molecule has 6 rings (SSSR count). The topological polar surface area (TPSA) is 99.2 Å². The highest BCUT2D eigenvalue weighted by atomic mass is 35.5. The van der Waals surface area contributed by atoms with Crippen molar-refractivity contribution in [3.63, 3.8) is 0 Å². The number of carbonyl (C=O) groups is 2. The van der Waals surface area contributed by atoms with Crippen molar-refractivity contribution in [2.24, 2.45) is 17.3 Å². The summed E-state index contributed by atoms with van der Waals surface area (Å²) >= 11 is 13.1. The number of ether oxygens (including phenoxy) is 1. The lowest BCUT2D eigenvalue weighted by molar-refractivity contribution is -0.172. The third kappa shape index (κ3) is 8.66. The van der Waals surface area contributed by atoms with E-state index in [0.29, 0.717) is 10.0 Å². The molecule has 0 aromatic heterocycles. The number of methoxy groups -OCH3 is 1. The molecule has 1 amide bonds. The molecule has 0 radical (unpaired) electrons. The third-order valence-corrected chi connectivity index (χ3v) is 17.7. The number of likely N-dealkylation sites (tertiary alicyclic amines) is 1. The van der Waals surface area contributed by atoms with Crippen LogP contribution in [-0.4, -0.2) is 66.1 Å². The number of esters is 1. The van der Waals surface area contributed by atoms with Gasteiger partial charge in [-0.15, -0.1) is 0 Å². The van der Waals surface area contributed by atoms with Crippen LogP contribution in [-0.2, 0) is 33.1 Å². The van der Waals surface area contributed by atoms with Crippen molar-refractivity contribution in [1.29, 1.82) is 0 Å². The van der Waals surface area contributed by atoms with Crippen molar-refractivity contribution in [3.8, 4) is 0 Å². The first-order chi connectivity index (χ1) is 26.5. The highest BCUT2D eigenvalue weighted by Crippen LogP contribution is 2.56. The average Bonchev–Trinajstić information content (AvgIpc) is 4.01. The standard InChI is InChI=1S/C44H51Cl2NO7SSi/c1-43(2,3)56(35-16-9-7-10-17-35,36-18-11-8-12-19-36)54-29-39(30-20-21-30)47-40(31-22-24-33(45)25-23-31)37(32-14-13-15-34(46)26-32)27-44(4,42(47)49)38(41(48)52-5)28-53-55(6,50)51/h7-19,22-26,30,37-40H,20-21,27-29H2,1-6H3. The molecule has 56 heavy (non-hydrogen) atoms. The monoisotopic (exact) mass is 835 g/mol. The largest absolute Gasteiger partial charge is 0.469 e. The van der Waals surface area contributed by atoms with Crippen molar-refractivity contribution in [3.05, 3.63) is 130 Å². The molecule has 2 aliphatic rings. The Labute approximate surface area is 342 Å². The normalized spacial score (nSPS) is 21.7. The zero-order chi connectivity index (χ0) is 40.5. The Bertz CT molecular complexity index is 2070. The van der Waals surface area contributed by atoms with E-state index in [0.717, 1.165) is 40.6 Å². The van der Waals surface area contributed by atoms with Gasteiger partial charge in [-0.2, -0.15) is 8.42 Å². The lowest BCUT2D eigenvalue weighted by atomic mass is 9.63. The molecule has 0 spiro atoms. The van der Waals surface area contributed by atoms with E-state index in [2.05, 4.69) is 45.0 Å². The van der Waals surface area contributed by atoms with Gasteiger partial charge in [0, 0.05) is 16.0 Å². The number of benzene rings is 4. The van der Waals surface area contributed by atoms with Crippen LogP contribution in [0.2, 0.25) is 15.1 Å². The van der Waals surface area contributed by atoms with E-state index in [-0.39, 0.29) is 29.9 Å². The first kappa shape index (κ1) is 42.1. The van der Waals surface area contributed by atoms with Gasteiger partial charge in [0.15, 0.2) is 0 Å². The molecule has 1 aliphatic carbocycles. The number of hydrogen-bond acceptors (Lipinski definition) is 7. The van der Waals surface area contributed by atoms with E-state index < -0.39 is 60.3 Å². The van der Waals surface area contributed by atoms with Gasteiger partial charge in [-0.1, -0.05) is 129 Å². The van der Waals surface area contributed by atoms with Gasteiger partial charge in [0.1, 0.15) is 0 Å². The molecular formula is C44H51Cl2NO7SSi. The zero-order valence-corrected chi connectivity index (χ0v) is 36.1. The summed E-state index contributed by atoms with van der Waals surface area (Å²) in [4.78, 5) is 31.5. The van der Waals surface area contributed by atoms with Crippen molar-refractivity contribution in [2.75, 3.05) is 26.6 Å². The summed E-state index contributed by atoms with van der Waals surface area (Å²) in [7, 11) is -5.80. The summed E-state index contributed by atoms with van der Waals surface area (Å²) in [6, 6.07) is 35.0. The van der Waals surface area contributed by atoms with Gasteiger partial charge in [-0.3, -0.25) is 13.8 Å². The molecule has 1 saturated carbocycles. The summed E-state index contributed by atoms with van der Waals surface area (Å²) in [6.07, 6.45) is 2.88. The van der Waals surface area contributed by atoms with Crippen LogP contribution >= 0.6 is 23.2 Å². The lowest BCUT2D eigenvalue weighted by Crippen LogP contribution is -2.68. The summed E-state index contributed by atoms with van der Waals surface area (Å²) in [6.45, 7) is 8.09. The molecule has 298 valence electrons. The molecule has 0 N–H and O–H groups in total. The van der Waals surface area contributed by atoms with Crippen LogP contribution in [0, 0.1) is 17.3 Å².